The molecule has 0 aliphatic heterocycles. The summed E-state index contributed by atoms with van der Waals surface area (Å²) in [4.78, 5) is 11.9. The van der Waals surface area contributed by atoms with E-state index < -0.39 is 0 Å². The topological polar surface area (TPSA) is 50.9 Å². The van der Waals surface area contributed by atoms with E-state index >= 15 is 0 Å². The van der Waals surface area contributed by atoms with Crippen LogP contribution in [0.15, 0.2) is 189 Å². The SMILES string of the molecule is C=C/C=C\C=C\n1c(-c2cccc(CN(c3ccccc3)c3ccccc3NC)c2)nc2ccccc21.Cc1nc2ccccc2n1-c1ccccc1. The molecule has 0 aliphatic rings. The van der Waals surface area contributed by atoms with E-state index in [1.165, 1.54) is 5.56 Å². The lowest BCUT2D eigenvalue weighted by atomic mass is 10.1. The third-order valence-corrected chi connectivity index (χ3v) is 8.99. The van der Waals surface area contributed by atoms with Crippen LogP contribution in [0.5, 0.6) is 0 Å². The number of hydrogen-bond donors (Lipinski definition) is 1. The van der Waals surface area contributed by atoms with Gasteiger partial charge in [0, 0.05) is 36.7 Å². The number of aromatic nitrogens is 4. The molecule has 0 atom stereocenters. The van der Waals surface area contributed by atoms with Gasteiger partial charge in [-0.05, 0) is 85.3 Å². The summed E-state index contributed by atoms with van der Waals surface area (Å²) in [5.74, 6) is 1.93. The molecule has 8 rings (SSSR count). The summed E-state index contributed by atoms with van der Waals surface area (Å²) in [5, 5.41) is 3.35. The average Bonchev–Trinajstić information content (AvgIpc) is 3.76. The maximum absolute atomic E-state index is 4.99. The summed E-state index contributed by atoms with van der Waals surface area (Å²) in [6, 6.07) is 54.3. The summed E-state index contributed by atoms with van der Waals surface area (Å²) in [7, 11) is 1.96. The first-order valence-corrected chi connectivity index (χ1v) is 17.8. The lowest BCUT2D eigenvalue weighted by molar-refractivity contribution is 0.975. The molecule has 0 saturated heterocycles. The van der Waals surface area contributed by atoms with E-state index in [-0.39, 0.29) is 0 Å². The first-order valence-electron chi connectivity index (χ1n) is 17.8. The molecule has 0 amide bonds. The van der Waals surface area contributed by atoms with E-state index in [1.807, 2.05) is 80.7 Å². The van der Waals surface area contributed by atoms with Crippen molar-refractivity contribution in [3.05, 3.63) is 200 Å². The van der Waals surface area contributed by atoms with Gasteiger partial charge in [-0.15, -0.1) is 0 Å². The number of benzene rings is 6. The average molecular weight is 691 g/mol. The van der Waals surface area contributed by atoms with Gasteiger partial charge in [0.05, 0.1) is 33.4 Å². The summed E-state index contributed by atoms with van der Waals surface area (Å²) >= 11 is 0. The van der Waals surface area contributed by atoms with Crippen molar-refractivity contribution < 1.29 is 0 Å². The minimum absolute atomic E-state index is 0.717. The van der Waals surface area contributed by atoms with Crippen molar-refractivity contribution in [2.75, 3.05) is 17.3 Å². The van der Waals surface area contributed by atoms with Crippen LogP contribution >= 0.6 is 0 Å². The summed E-state index contributed by atoms with van der Waals surface area (Å²) < 4.78 is 4.32. The van der Waals surface area contributed by atoms with Gasteiger partial charge < -0.3 is 10.2 Å². The van der Waals surface area contributed by atoms with Crippen LogP contribution in [0.25, 0.3) is 45.3 Å². The van der Waals surface area contributed by atoms with E-state index in [0.717, 1.165) is 62.0 Å². The lowest BCUT2D eigenvalue weighted by Gasteiger charge is -2.27. The largest absolute Gasteiger partial charge is 0.386 e. The lowest BCUT2D eigenvalue weighted by Crippen LogP contribution is -2.17. The molecule has 6 aromatic carbocycles. The summed E-state index contributed by atoms with van der Waals surface area (Å²) in [6.07, 6.45) is 9.72. The minimum Gasteiger partial charge on any atom is -0.386 e. The fraction of sp³-hybridized carbons (Fsp3) is 0.0638. The smallest absolute Gasteiger partial charge is 0.145 e. The molecule has 6 heteroatoms. The highest BCUT2D eigenvalue weighted by atomic mass is 15.2. The van der Waals surface area contributed by atoms with Gasteiger partial charge in [-0.2, -0.15) is 0 Å². The van der Waals surface area contributed by atoms with Gasteiger partial charge >= 0.3 is 0 Å². The van der Waals surface area contributed by atoms with Crippen molar-refractivity contribution in [3.8, 4) is 17.1 Å². The molecule has 0 spiro atoms. The van der Waals surface area contributed by atoms with Crippen LogP contribution in [0, 0.1) is 6.92 Å². The molecule has 0 fully saturated rings. The quantitative estimate of drug-likeness (QED) is 0.145. The van der Waals surface area contributed by atoms with E-state index in [4.69, 9.17) is 4.98 Å². The number of nitrogens with zero attached hydrogens (tertiary/aromatic N) is 5. The van der Waals surface area contributed by atoms with Crippen LogP contribution in [-0.2, 0) is 6.54 Å². The number of imidazole rings is 2. The first-order chi connectivity index (χ1) is 26.1. The van der Waals surface area contributed by atoms with Gasteiger partial charge in [0.2, 0.25) is 0 Å². The monoisotopic (exact) mass is 690 g/mol. The Balaban J connectivity index is 0.000000225. The van der Waals surface area contributed by atoms with Gasteiger partial charge in [-0.25, -0.2) is 9.97 Å². The second kappa shape index (κ2) is 16.4. The van der Waals surface area contributed by atoms with Crippen LogP contribution in [0.2, 0.25) is 0 Å². The molecule has 2 heterocycles. The Bertz CT molecular complexity index is 2510. The second-order valence-corrected chi connectivity index (χ2v) is 12.5. The highest BCUT2D eigenvalue weighted by Crippen LogP contribution is 2.34. The molecule has 0 aliphatic carbocycles. The molecule has 2 aromatic heterocycles. The van der Waals surface area contributed by atoms with Crippen LogP contribution in [0.4, 0.5) is 17.1 Å². The van der Waals surface area contributed by atoms with Crippen molar-refractivity contribution in [2.45, 2.75) is 13.5 Å². The molecule has 53 heavy (non-hydrogen) atoms. The molecule has 0 unspecified atom stereocenters. The maximum atomic E-state index is 4.99. The van der Waals surface area contributed by atoms with Gasteiger partial charge in [0.15, 0.2) is 0 Å². The molecular formula is C47H42N6. The zero-order chi connectivity index (χ0) is 36.4. The third-order valence-electron chi connectivity index (χ3n) is 8.99. The molecule has 0 saturated carbocycles. The molecular weight excluding hydrogens is 649 g/mol. The first kappa shape index (κ1) is 34.5. The van der Waals surface area contributed by atoms with Gasteiger partial charge in [-0.3, -0.25) is 9.13 Å². The Kier molecular flexibility index (Phi) is 10.7. The fourth-order valence-electron chi connectivity index (χ4n) is 6.56. The van der Waals surface area contributed by atoms with E-state index in [1.54, 1.807) is 6.08 Å². The molecule has 8 aromatic rings. The second-order valence-electron chi connectivity index (χ2n) is 12.5. The van der Waals surface area contributed by atoms with E-state index in [9.17, 15) is 0 Å². The van der Waals surface area contributed by atoms with Crippen LogP contribution < -0.4 is 10.2 Å². The molecule has 0 radical (unpaired) electrons. The van der Waals surface area contributed by atoms with Gasteiger partial charge in [0.25, 0.3) is 0 Å². The fourth-order valence-corrected chi connectivity index (χ4v) is 6.56. The predicted molar refractivity (Wildman–Crippen MR) is 224 cm³/mol. The molecule has 0 bridgehead atoms. The third kappa shape index (κ3) is 7.72. The Morgan fingerprint density at radius 2 is 1.32 bits per heavy atom. The number of anilines is 3. The van der Waals surface area contributed by atoms with Crippen LogP contribution in [0.3, 0.4) is 0 Å². The minimum atomic E-state index is 0.717. The predicted octanol–water partition coefficient (Wildman–Crippen LogP) is 11.6. The van der Waals surface area contributed by atoms with Crippen molar-refractivity contribution in [1.29, 1.82) is 0 Å². The summed E-state index contributed by atoms with van der Waals surface area (Å²) in [6.45, 7) is 6.50. The van der Waals surface area contributed by atoms with Crippen LogP contribution in [0.1, 0.15) is 11.4 Å². The van der Waals surface area contributed by atoms with E-state index in [2.05, 4.69) is 146 Å². The zero-order valence-corrected chi connectivity index (χ0v) is 30.0. The Morgan fingerprint density at radius 1 is 0.660 bits per heavy atom. The van der Waals surface area contributed by atoms with Gasteiger partial charge in [-0.1, -0.05) is 116 Å². The highest BCUT2D eigenvalue weighted by Gasteiger charge is 2.16. The van der Waals surface area contributed by atoms with E-state index in [0.29, 0.717) is 6.54 Å². The van der Waals surface area contributed by atoms with Crippen molar-refractivity contribution in [2.24, 2.45) is 0 Å². The van der Waals surface area contributed by atoms with Crippen molar-refractivity contribution in [3.63, 3.8) is 0 Å². The maximum Gasteiger partial charge on any atom is 0.145 e. The van der Waals surface area contributed by atoms with Crippen LogP contribution in [-0.4, -0.2) is 26.1 Å². The highest BCUT2D eigenvalue weighted by molar-refractivity contribution is 5.84. The summed E-state index contributed by atoms with van der Waals surface area (Å²) in [5.41, 5.74) is 11.0. The number of aryl methyl sites for hydroxylation is 1. The number of hydrogen-bond acceptors (Lipinski definition) is 4. The number of para-hydroxylation sites is 8. The van der Waals surface area contributed by atoms with Gasteiger partial charge in [0.1, 0.15) is 11.6 Å². The molecule has 1 N–H and O–H groups in total. The standard InChI is InChI=1S/C33H30N4.C14H12N2/c1-3-4-5-13-23-36-32-22-12-10-20-30(32)35-33(36)27-16-14-15-26(24-27)25-37(28-17-7-6-8-18-28)31-21-11-9-19-29(31)34-2;1-11-15-13-9-5-6-10-14(13)16(11)12-7-3-2-4-8-12/h3-24,34H,1,25H2,2H3;2-10H,1H3/b5-4-,23-13+;. The normalized spacial score (nSPS) is 11.2. The Morgan fingerprint density at radius 3 is 2.08 bits per heavy atom. The Labute approximate surface area is 311 Å². The molecule has 260 valence electrons. The zero-order valence-electron chi connectivity index (χ0n) is 30.0. The Hall–Kier alpha value is -6.92. The number of allylic oxidation sites excluding steroid dienone is 4. The van der Waals surface area contributed by atoms with Crippen molar-refractivity contribution in [1.82, 2.24) is 19.1 Å². The number of fused-ring (bicyclic) bond motifs is 2. The number of nitrogens with one attached hydrogen (secondary N) is 1. The number of rotatable bonds is 10. The van der Waals surface area contributed by atoms with Crippen molar-refractivity contribution >= 4 is 45.3 Å². The molecule has 6 nitrogen and oxygen atoms in total.